The average Bonchev–Trinajstić information content (AvgIpc) is 3.36. The molecule has 2 saturated heterocycles. The molecule has 1 unspecified atom stereocenters. The van der Waals surface area contributed by atoms with Gasteiger partial charge in [-0.1, -0.05) is 13.3 Å². The number of carbonyl (C=O) groups excluding carboxylic acids is 1. The zero-order chi connectivity index (χ0) is 29.2. The van der Waals surface area contributed by atoms with Gasteiger partial charge in [0.15, 0.2) is 5.60 Å². The van der Waals surface area contributed by atoms with Crippen LogP contribution in [0, 0.1) is 0 Å². The number of aliphatic hydroxyl groups is 1. The van der Waals surface area contributed by atoms with E-state index in [4.69, 9.17) is 9.72 Å². The van der Waals surface area contributed by atoms with Crippen LogP contribution < -0.4 is 10.6 Å². The fourth-order valence-corrected chi connectivity index (χ4v) is 7.20. The predicted molar refractivity (Wildman–Crippen MR) is 155 cm³/mol. The van der Waals surface area contributed by atoms with Gasteiger partial charge in [-0.05, 0) is 75.5 Å². The Labute approximate surface area is 242 Å². The summed E-state index contributed by atoms with van der Waals surface area (Å²) in [7, 11) is 0. The number of ether oxygens (including phenoxy) is 1. The molecule has 1 amide bonds. The maximum atomic E-state index is 13.4. The molecule has 2 fully saturated rings. The van der Waals surface area contributed by atoms with Gasteiger partial charge < -0.3 is 24.4 Å². The number of aromatic nitrogens is 2. The number of hydrogen-bond donors (Lipinski definition) is 2. The summed E-state index contributed by atoms with van der Waals surface area (Å²) in [5, 5.41) is 25.4. The Balaban J connectivity index is 1.20. The van der Waals surface area contributed by atoms with Crippen LogP contribution in [0.5, 0.6) is 0 Å². The molecule has 4 aliphatic rings. The minimum atomic E-state index is -1.88. The molecule has 0 spiro atoms. The molecular formula is C31H35N5O6. The highest BCUT2D eigenvalue weighted by Crippen LogP contribution is 2.39. The number of cyclic esters (lactones) is 1. The van der Waals surface area contributed by atoms with E-state index in [1.807, 2.05) is 17.1 Å². The monoisotopic (exact) mass is 573 g/mol. The lowest BCUT2D eigenvalue weighted by atomic mass is 9.86. The zero-order valence-electron chi connectivity index (χ0n) is 23.7. The lowest BCUT2D eigenvalue weighted by Gasteiger charge is -2.42. The van der Waals surface area contributed by atoms with E-state index in [1.165, 1.54) is 24.3 Å². The molecule has 0 radical (unpaired) electrons. The highest BCUT2D eigenvalue weighted by molar-refractivity contribution is 5.92. The van der Waals surface area contributed by atoms with Gasteiger partial charge in [-0.3, -0.25) is 4.79 Å². The van der Waals surface area contributed by atoms with Crippen LogP contribution in [0.2, 0.25) is 0 Å². The second-order valence-corrected chi connectivity index (χ2v) is 11.9. The number of benzene rings is 1. The minimum Gasteiger partial charge on any atom is -0.464 e. The van der Waals surface area contributed by atoms with Gasteiger partial charge in [-0.25, -0.2) is 24.6 Å². The molecule has 0 bridgehead atoms. The Bertz CT molecular complexity index is 1660. The van der Waals surface area contributed by atoms with Crippen molar-refractivity contribution in [2.45, 2.75) is 70.2 Å². The minimum absolute atomic E-state index is 0.0819. The summed E-state index contributed by atoms with van der Waals surface area (Å²) in [6.45, 7) is 5.41. The number of amides is 1. The number of likely N-dealkylation sites (tertiary alicyclic amines) is 1. The van der Waals surface area contributed by atoms with Crippen LogP contribution in [-0.2, 0) is 28.3 Å². The molecular weight excluding hydrogens is 538 g/mol. The SMILES string of the molecule is CCC1(O)C(=O)OCc2c1cc1n(c2=O)Cc2cc3cc(N(C(=O)O)N4CCC(N5CCCCC5)CC4)ccc3nc2-1. The molecule has 4 aliphatic heterocycles. The van der Waals surface area contributed by atoms with E-state index in [2.05, 4.69) is 4.90 Å². The summed E-state index contributed by atoms with van der Waals surface area (Å²) < 4.78 is 6.76. The molecule has 6 heterocycles. The van der Waals surface area contributed by atoms with E-state index in [0.29, 0.717) is 41.7 Å². The number of pyridine rings is 2. The van der Waals surface area contributed by atoms with Crippen molar-refractivity contribution < 1.29 is 24.5 Å². The maximum absolute atomic E-state index is 13.4. The molecule has 220 valence electrons. The van der Waals surface area contributed by atoms with Crippen LogP contribution in [0.15, 0.2) is 35.1 Å². The smallest absolute Gasteiger partial charge is 0.426 e. The van der Waals surface area contributed by atoms with E-state index in [0.717, 1.165) is 36.9 Å². The Kier molecular flexibility index (Phi) is 6.56. The van der Waals surface area contributed by atoms with Crippen molar-refractivity contribution >= 4 is 28.7 Å². The number of esters is 1. The van der Waals surface area contributed by atoms with Crippen LogP contribution in [-0.4, -0.2) is 74.0 Å². The summed E-state index contributed by atoms with van der Waals surface area (Å²) in [4.78, 5) is 45.8. The van der Waals surface area contributed by atoms with E-state index in [-0.39, 0.29) is 36.3 Å². The van der Waals surface area contributed by atoms with Gasteiger partial charge in [-0.2, -0.15) is 0 Å². The molecule has 0 saturated carbocycles. The van der Waals surface area contributed by atoms with Crippen LogP contribution in [0.4, 0.5) is 10.5 Å². The predicted octanol–water partition coefficient (Wildman–Crippen LogP) is 3.43. The van der Waals surface area contributed by atoms with Crippen molar-refractivity contribution in [1.82, 2.24) is 19.5 Å². The van der Waals surface area contributed by atoms with Crippen LogP contribution >= 0.6 is 0 Å². The largest absolute Gasteiger partial charge is 0.464 e. The average molecular weight is 574 g/mol. The van der Waals surface area contributed by atoms with Crippen molar-refractivity contribution in [3.05, 3.63) is 57.4 Å². The fraction of sp³-hybridized carbons (Fsp3) is 0.484. The number of fused-ring (bicyclic) bond motifs is 5. The number of anilines is 1. The number of rotatable bonds is 4. The second-order valence-electron chi connectivity index (χ2n) is 11.9. The molecule has 11 nitrogen and oxygen atoms in total. The number of piperidine rings is 2. The van der Waals surface area contributed by atoms with E-state index < -0.39 is 17.7 Å². The number of nitrogens with zero attached hydrogens (tertiary/aromatic N) is 5. The fourth-order valence-electron chi connectivity index (χ4n) is 7.20. The van der Waals surface area contributed by atoms with Gasteiger partial charge in [0.25, 0.3) is 5.56 Å². The topological polar surface area (TPSA) is 128 Å². The van der Waals surface area contributed by atoms with Crippen LogP contribution in [0.25, 0.3) is 22.3 Å². The summed E-state index contributed by atoms with van der Waals surface area (Å²) in [6, 6.07) is 9.57. The standard InChI is InChI=1S/C31H35N5O6/c1-2-31(41)24-16-26-27-20(17-35(26)28(37)23(24)18-42-29(31)38)14-19-15-22(6-7-25(19)32-27)36(30(39)40)34-12-8-21(9-13-34)33-10-4-3-5-11-33/h6-7,14-16,21,41H,2-5,8-13,17-18H2,1H3,(H,39,40). The molecule has 2 N–H and O–H groups in total. The van der Waals surface area contributed by atoms with Gasteiger partial charge in [0.1, 0.15) is 6.61 Å². The first-order valence-corrected chi connectivity index (χ1v) is 14.9. The Morgan fingerprint density at radius 3 is 2.57 bits per heavy atom. The first-order valence-electron chi connectivity index (χ1n) is 14.9. The van der Waals surface area contributed by atoms with Gasteiger partial charge in [0.2, 0.25) is 0 Å². The van der Waals surface area contributed by atoms with E-state index in [9.17, 15) is 24.6 Å². The summed E-state index contributed by atoms with van der Waals surface area (Å²) in [6.07, 6.45) is 4.72. The Morgan fingerprint density at radius 1 is 1.10 bits per heavy atom. The third-order valence-corrected chi connectivity index (χ3v) is 9.55. The van der Waals surface area contributed by atoms with Crippen LogP contribution in [0.1, 0.15) is 62.1 Å². The molecule has 1 aromatic carbocycles. The summed E-state index contributed by atoms with van der Waals surface area (Å²) >= 11 is 0. The van der Waals surface area contributed by atoms with Gasteiger partial charge in [0.05, 0.1) is 34.7 Å². The lowest BCUT2D eigenvalue weighted by molar-refractivity contribution is -0.172. The highest BCUT2D eigenvalue weighted by atomic mass is 16.6. The number of carbonyl (C=O) groups is 2. The van der Waals surface area contributed by atoms with E-state index in [1.54, 1.807) is 29.7 Å². The molecule has 7 rings (SSSR count). The van der Waals surface area contributed by atoms with Crippen molar-refractivity contribution in [3.63, 3.8) is 0 Å². The maximum Gasteiger partial charge on any atom is 0.426 e. The number of carboxylic acid groups (broad SMARTS) is 1. The number of hydrazine groups is 1. The molecule has 3 aromatic rings. The van der Waals surface area contributed by atoms with Gasteiger partial charge in [-0.15, -0.1) is 0 Å². The first-order chi connectivity index (χ1) is 20.3. The third-order valence-electron chi connectivity index (χ3n) is 9.55. The van der Waals surface area contributed by atoms with E-state index >= 15 is 0 Å². The van der Waals surface area contributed by atoms with Crippen molar-refractivity contribution in [1.29, 1.82) is 0 Å². The van der Waals surface area contributed by atoms with Gasteiger partial charge >= 0.3 is 12.1 Å². The quantitative estimate of drug-likeness (QED) is 0.353. The van der Waals surface area contributed by atoms with Crippen LogP contribution in [0.3, 0.4) is 0 Å². The van der Waals surface area contributed by atoms with Crippen molar-refractivity contribution in [2.24, 2.45) is 0 Å². The zero-order valence-corrected chi connectivity index (χ0v) is 23.7. The number of hydrogen-bond acceptors (Lipinski definition) is 8. The molecule has 11 heteroatoms. The third kappa shape index (κ3) is 4.21. The molecule has 1 atom stereocenters. The van der Waals surface area contributed by atoms with Crippen molar-refractivity contribution in [3.8, 4) is 11.4 Å². The Morgan fingerprint density at radius 2 is 1.86 bits per heavy atom. The normalized spacial score (nSPS) is 22.9. The van der Waals surface area contributed by atoms with Gasteiger partial charge in [0, 0.05) is 35.6 Å². The Hall–Kier alpha value is -3.80. The molecule has 42 heavy (non-hydrogen) atoms. The molecule has 2 aromatic heterocycles. The lowest BCUT2D eigenvalue weighted by Crippen LogP contribution is -2.53. The second kappa shape index (κ2) is 10.2. The first kappa shape index (κ1) is 27.1. The highest BCUT2D eigenvalue weighted by Gasteiger charge is 2.45. The summed E-state index contributed by atoms with van der Waals surface area (Å²) in [5.74, 6) is -0.752. The van der Waals surface area contributed by atoms with Crippen molar-refractivity contribution in [2.75, 3.05) is 31.2 Å². The molecule has 0 aliphatic carbocycles. The summed E-state index contributed by atoms with van der Waals surface area (Å²) in [5.41, 5.74) is 1.57.